The maximum absolute atomic E-state index is 14.0. The van der Waals surface area contributed by atoms with Gasteiger partial charge in [0.1, 0.15) is 17.0 Å². The number of hydrogen-bond acceptors (Lipinski definition) is 3. The van der Waals surface area contributed by atoms with Crippen LogP contribution in [0.15, 0.2) is 103 Å². The van der Waals surface area contributed by atoms with E-state index in [1.807, 2.05) is 55.5 Å². The van der Waals surface area contributed by atoms with Crippen molar-refractivity contribution in [3.05, 3.63) is 115 Å². The normalized spacial score (nSPS) is 14.5. The molecule has 1 saturated carbocycles. The highest BCUT2D eigenvalue weighted by Crippen LogP contribution is 2.35. The lowest BCUT2D eigenvalue weighted by molar-refractivity contribution is 0.356. The van der Waals surface area contributed by atoms with Crippen molar-refractivity contribution in [2.24, 2.45) is 5.92 Å². The predicted octanol–water partition coefficient (Wildman–Crippen LogP) is 8.29. The minimum Gasteiger partial charge on any atom is -0.359 e. The van der Waals surface area contributed by atoms with Crippen LogP contribution in [-0.2, 0) is 0 Å². The van der Waals surface area contributed by atoms with Gasteiger partial charge in [-0.1, -0.05) is 49.9 Å². The van der Waals surface area contributed by atoms with Crippen molar-refractivity contribution in [3.63, 3.8) is 0 Å². The van der Waals surface area contributed by atoms with Crippen LogP contribution in [0.4, 0.5) is 4.39 Å². The van der Waals surface area contributed by atoms with Crippen molar-refractivity contribution in [1.82, 2.24) is 25.5 Å². The monoisotopic (exact) mass is 515 g/mol. The van der Waals surface area contributed by atoms with E-state index in [2.05, 4.69) is 45.8 Å². The summed E-state index contributed by atoms with van der Waals surface area (Å²) in [5.41, 5.74) is 9.66. The van der Waals surface area contributed by atoms with Crippen LogP contribution < -0.4 is 5.32 Å². The molecule has 2 aromatic carbocycles. The number of nitrogens with zero attached hydrogens (tertiary/aromatic N) is 2. The Morgan fingerprint density at radius 2 is 1.92 bits per heavy atom. The Bertz CT molecular complexity index is 1780. The fourth-order valence-corrected chi connectivity index (χ4v) is 5.10. The van der Waals surface area contributed by atoms with Gasteiger partial charge in [-0.3, -0.25) is 5.10 Å². The Kier molecular flexibility index (Phi) is 6.45. The van der Waals surface area contributed by atoms with Crippen molar-refractivity contribution in [3.8, 4) is 22.5 Å². The maximum atomic E-state index is 14.0. The van der Waals surface area contributed by atoms with Gasteiger partial charge in [-0.15, -0.1) is 0 Å². The number of allylic oxidation sites excluding steroid dienone is 5. The number of pyridine rings is 1. The zero-order valence-electron chi connectivity index (χ0n) is 21.9. The van der Waals surface area contributed by atoms with Gasteiger partial charge >= 0.3 is 0 Å². The summed E-state index contributed by atoms with van der Waals surface area (Å²) in [7, 11) is 0. The zero-order valence-corrected chi connectivity index (χ0v) is 21.9. The van der Waals surface area contributed by atoms with Crippen molar-refractivity contribution in [2.75, 3.05) is 0 Å². The van der Waals surface area contributed by atoms with E-state index in [1.54, 1.807) is 12.1 Å². The lowest BCUT2D eigenvalue weighted by Gasteiger charge is -2.28. The molecular formula is C33H30FN5. The second-order valence-electron chi connectivity index (χ2n) is 9.95. The molecule has 1 fully saturated rings. The van der Waals surface area contributed by atoms with Crippen LogP contribution in [0.5, 0.6) is 0 Å². The maximum Gasteiger partial charge on any atom is 0.135 e. The molecule has 0 saturated heterocycles. The van der Waals surface area contributed by atoms with E-state index < -0.39 is 0 Å². The average molecular weight is 516 g/mol. The number of benzene rings is 2. The number of H-pyrrole nitrogens is 2. The molecule has 0 spiro atoms. The zero-order chi connectivity index (χ0) is 26.9. The molecule has 5 nitrogen and oxygen atoms in total. The van der Waals surface area contributed by atoms with Crippen LogP contribution in [-0.4, -0.2) is 20.2 Å². The Morgan fingerprint density at radius 1 is 1.08 bits per heavy atom. The van der Waals surface area contributed by atoms with E-state index in [4.69, 9.17) is 4.98 Å². The summed E-state index contributed by atoms with van der Waals surface area (Å²) in [5, 5.41) is 12.2. The number of rotatable bonds is 8. The number of fused-ring (bicyclic) bond motifs is 2. The topological polar surface area (TPSA) is 69.4 Å². The largest absolute Gasteiger partial charge is 0.359 e. The summed E-state index contributed by atoms with van der Waals surface area (Å²) in [4.78, 5) is 8.50. The number of hydrogen-bond donors (Lipinski definition) is 3. The van der Waals surface area contributed by atoms with Crippen LogP contribution in [0.1, 0.15) is 31.9 Å². The predicted molar refractivity (Wildman–Crippen MR) is 158 cm³/mol. The van der Waals surface area contributed by atoms with Gasteiger partial charge in [0.05, 0.1) is 16.9 Å². The molecule has 1 aliphatic rings. The van der Waals surface area contributed by atoms with Gasteiger partial charge < -0.3 is 10.3 Å². The van der Waals surface area contributed by atoms with E-state index in [9.17, 15) is 4.39 Å². The molecule has 0 radical (unpaired) electrons. The highest BCUT2D eigenvalue weighted by atomic mass is 19.1. The molecule has 0 aliphatic heterocycles. The minimum atomic E-state index is -0.258. The van der Waals surface area contributed by atoms with Crippen molar-refractivity contribution in [1.29, 1.82) is 0 Å². The van der Waals surface area contributed by atoms with Gasteiger partial charge in [-0.25, -0.2) is 9.37 Å². The number of nitrogens with one attached hydrogen (secondary N) is 3. The molecule has 3 N–H and O–H groups in total. The number of halogens is 1. The molecule has 194 valence electrons. The molecule has 3 heterocycles. The Labute approximate surface area is 226 Å². The van der Waals surface area contributed by atoms with Crippen LogP contribution in [0.3, 0.4) is 0 Å². The van der Waals surface area contributed by atoms with Crippen LogP contribution >= 0.6 is 0 Å². The first-order valence-electron chi connectivity index (χ1n) is 13.2. The fraction of sp³-hybridized carbons (Fsp3) is 0.152. The standard InChI is InChI=1S/C33H30FN5/c1-4-21(18-25(5-2)35-20(3)22-9-6-10-22)28-15-16-30-32(37-28)33(39-38-30)31-19-27-26(13-8-14-29(27)36-31)23-11-7-12-24(34)17-23/h4-5,7-8,11-19,22,35-36H,2-3,6,9-10H2,1H3,(H,38,39)/b21-4+,25-18+. The summed E-state index contributed by atoms with van der Waals surface area (Å²) in [6.07, 6.45) is 9.55. The summed E-state index contributed by atoms with van der Waals surface area (Å²) in [6, 6.07) is 18.7. The van der Waals surface area contributed by atoms with Gasteiger partial charge in [-0.05, 0) is 90.9 Å². The first kappa shape index (κ1) is 24.6. The molecule has 6 heteroatoms. The smallest absolute Gasteiger partial charge is 0.135 e. The molecule has 0 unspecified atom stereocenters. The van der Waals surface area contributed by atoms with Crippen molar-refractivity contribution >= 4 is 27.5 Å². The number of aromatic amines is 2. The van der Waals surface area contributed by atoms with Gasteiger partial charge in [0.15, 0.2) is 0 Å². The molecule has 0 amide bonds. The first-order valence-corrected chi connectivity index (χ1v) is 13.2. The Hall–Kier alpha value is -4.71. The third-order valence-electron chi connectivity index (χ3n) is 7.50. The van der Waals surface area contributed by atoms with Gasteiger partial charge in [0, 0.05) is 22.3 Å². The second-order valence-corrected chi connectivity index (χ2v) is 9.95. The molecule has 6 rings (SSSR count). The van der Waals surface area contributed by atoms with E-state index in [0.717, 1.165) is 67.1 Å². The molecule has 3 aromatic heterocycles. The summed E-state index contributed by atoms with van der Waals surface area (Å²) in [5.74, 6) is 0.273. The van der Waals surface area contributed by atoms with Crippen LogP contribution in [0, 0.1) is 11.7 Å². The summed E-state index contributed by atoms with van der Waals surface area (Å²) >= 11 is 0. The lowest BCUT2D eigenvalue weighted by Crippen LogP contribution is -2.23. The van der Waals surface area contributed by atoms with E-state index >= 15 is 0 Å². The van der Waals surface area contributed by atoms with E-state index in [-0.39, 0.29) is 5.82 Å². The van der Waals surface area contributed by atoms with Gasteiger partial charge in [0.2, 0.25) is 0 Å². The second kappa shape index (κ2) is 10.2. The van der Waals surface area contributed by atoms with Crippen LogP contribution in [0.25, 0.3) is 50.0 Å². The Balaban J connectivity index is 1.37. The fourth-order valence-electron chi connectivity index (χ4n) is 5.10. The molecule has 0 bridgehead atoms. The van der Waals surface area contributed by atoms with Gasteiger partial charge in [-0.2, -0.15) is 5.10 Å². The lowest BCUT2D eigenvalue weighted by atomic mass is 9.83. The minimum absolute atomic E-state index is 0.258. The SMILES string of the molecule is C=C/C(=C\C(=C/C)c1ccc2[nH]nc(-c3cc4c(-c5cccc(F)c5)cccc4[nH]3)c2n1)NC(=C)C1CCC1. The van der Waals surface area contributed by atoms with Crippen LogP contribution in [0.2, 0.25) is 0 Å². The van der Waals surface area contributed by atoms with Crippen molar-refractivity contribution in [2.45, 2.75) is 26.2 Å². The number of aromatic nitrogens is 4. The molecular weight excluding hydrogens is 485 g/mol. The average Bonchev–Trinajstić information content (AvgIpc) is 3.53. The summed E-state index contributed by atoms with van der Waals surface area (Å²) in [6.45, 7) is 10.2. The Morgan fingerprint density at radius 3 is 2.67 bits per heavy atom. The third kappa shape index (κ3) is 4.70. The first-order chi connectivity index (χ1) is 19.0. The third-order valence-corrected chi connectivity index (χ3v) is 7.50. The van der Waals surface area contributed by atoms with E-state index in [0.29, 0.717) is 5.92 Å². The highest BCUT2D eigenvalue weighted by molar-refractivity contribution is 6.00. The van der Waals surface area contributed by atoms with Gasteiger partial charge in [0.25, 0.3) is 0 Å². The molecule has 39 heavy (non-hydrogen) atoms. The highest BCUT2D eigenvalue weighted by Gasteiger charge is 2.21. The van der Waals surface area contributed by atoms with Crippen molar-refractivity contribution < 1.29 is 4.39 Å². The van der Waals surface area contributed by atoms with E-state index in [1.165, 1.54) is 25.3 Å². The molecule has 1 aliphatic carbocycles. The molecule has 0 atom stereocenters. The molecule has 5 aromatic rings. The summed E-state index contributed by atoms with van der Waals surface area (Å²) < 4.78 is 14.0. The quantitative estimate of drug-likeness (QED) is 0.182.